The second-order valence-electron chi connectivity index (χ2n) is 7.74. The van der Waals surface area contributed by atoms with Gasteiger partial charge in [-0.25, -0.2) is 4.98 Å². The number of halogens is 2. The van der Waals surface area contributed by atoms with E-state index in [1.807, 2.05) is 42.5 Å². The molecule has 164 valence electrons. The van der Waals surface area contributed by atoms with E-state index in [0.29, 0.717) is 38.3 Å². The maximum atomic E-state index is 13.2. The number of ether oxygens (including phenoxy) is 1. The standard InChI is InChI=1S/C24H21Cl2N3O2S/c25-17-5-3-16(4-6-17)23-27-20-9-12-29(24(30)22(20)32-23)18-7-8-21(19(26)15-18)31-14-13-28-10-1-2-11-28/h3-9,12,15H,1-2,10-11,13-14H2. The third-order valence-electron chi connectivity index (χ3n) is 5.60. The first-order chi connectivity index (χ1) is 15.6. The molecule has 0 amide bonds. The van der Waals surface area contributed by atoms with Crippen LogP contribution < -0.4 is 10.3 Å². The predicted octanol–water partition coefficient (Wildman–Crippen LogP) is 5.90. The molecule has 0 radical (unpaired) electrons. The van der Waals surface area contributed by atoms with Crippen LogP contribution in [-0.2, 0) is 0 Å². The first-order valence-corrected chi connectivity index (χ1v) is 12.1. The Kier molecular flexibility index (Phi) is 6.20. The molecule has 1 saturated heterocycles. The maximum absolute atomic E-state index is 13.2. The zero-order valence-electron chi connectivity index (χ0n) is 17.3. The number of nitrogens with zero attached hydrogens (tertiary/aromatic N) is 3. The van der Waals surface area contributed by atoms with E-state index in [-0.39, 0.29) is 5.56 Å². The molecule has 3 heterocycles. The van der Waals surface area contributed by atoms with Gasteiger partial charge in [0.25, 0.3) is 5.56 Å². The van der Waals surface area contributed by atoms with Gasteiger partial charge in [-0.05, 0) is 62.3 Å². The number of hydrogen-bond donors (Lipinski definition) is 0. The Morgan fingerprint density at radius 3 is 2.56 bits per heavy atom. The van der Waals surface area contributed by atoms with Gasteiger partial charge in [0.2, 0.25) is 0 Å². The minimum Gasteiger partial charge on any atom is -0.491 e. The molecule has 0 N–H and O–H groups in total. The third-order valence-corrected chi connectivity index (χ3v) is 7.25. The minimum atomic E-state index is -0.126. The van der Waals surface area contributed by atoms with Gasteiger partial charge in [-0.3, -0.25) is 14.3 Å². The fourth-order valence-electron chi connectivity index (χ4n) is 3.89. The van der Waals surface area contributed by atoms with E-state index in [1.165, 1.54) is 24.2 Å². The van der Waals surface area contributed by atoms with Crippen LogP contribution in [0.3, 0.4) is 0 Å². The summed E-state index contributed by atoms with van der Waals surface area (Å²) in [5.74, 6) is 0.631. The fraction of sp³-hybridized carbons (Fsp3) is 0.250. The second-order valence-corrected chi connectivity index (χ2v) is 9.59. The molecule has 0 unspecified atom stereocenters. The van der Waals surface area contributed by atoms with Gasteiger partial charge < -0.3 is 4.74 Å². The summed E-state index contributed by atoms with van der Waals surface area (Å²) in [6, 6.07) is 14.7. The molecule has 8 heteroatoms. The van der Waals surface area contributed by atoms with E-state index in [9.17, 15) is 4.79 Å². The number of fused-ring (bicyclic) bond motifs is 1. The van der Waals surface area contributed by atoms with E-state index < -0.39 is 0 Å². The number of hydrogen-bond acceptors (Lipinski definition) is 5. The highest BCUT2D eigenvalue weighted by Crippen LogP contribution is 2.30. The molecule has 32 heavy (non-hydrogen) atoms. The Balaban J connectivity index is 1.39. The van der Waals surface area contributed by atoms with Gasteiger partial charge in [0.05, 0.1) is 16.2 Å². The van der Waals surface area contributed by atoms with Crippen molar-refractivity contribution < 1.29 is 4.74 Å². The van der Waals surface area contributed by atoms with Crippen molar-refractivity contribution in [2.24, 2.45) is 0 Å². The molecule has 1 aliphatic rings. The molecule has 5 rings (SSSR count). The zero-order chi connectivity index (χ0) is 22.1. The SMILES string of the molecule is O=c1c2sc(-c3ccc(Cl)cc3)nc2ccn1-c1ccc(OCCN2CCCC2)c(Cl)c1. The lowest BCUT2D eigenvalue weighted by Crippen LogP contribution is -2.25. The van der Waals surface area contributed by atoms with Crippen molar-refractivity contribution in [3.8, 4) is 22.0 Å². The number of pyridine rings is 1. The lowest BCUT2D eigenvalue weighted by molar-refractivity contribution is 0.238. The highest BCUT2D eigenvalue weighted by molar-refractivity contribution is 7.21. The predicted molar refractivity (Wildman–Crippen MR) is 132 cm³/mol. The van der Waals surface area contributed by atoms with Gasteiger partial charge in [-0.15, -0.1) is 11.3 Å². The van der Waals surface area contributed by atoms with Crippen molar-refractivity contribution in [1.82, 2.24) is 14.5 Å². The van der Waals surface area contributed by atoms with Crippen LogP contribution in [0.2, 0.25) is 10.0 Å². The molecule has 2 aromatic carbocycles. The van der Waals surface area contributed by atoms with Crippen LogP contribution in [0.25, 0.3) is 26.5 Å². The number of benzene rings is 2. The van der Waals surface area contributed by atoms with Crippen LogP contribution in [0.5, 0.6) is 5.75 Å². The zero-order valence-corrected chi connectivity index (χ0v) is 19.6. The van der Waals surface area contributed by atoms with Gasteiger partial charge >= 0.3 is 0 Å². The first-order valence-electron chi connectivity index (χ1n) is 10.5. The Labute approximate surface area is 199 Å². The van der Waals surface area contributed by atoms with Gasteiger partial charge in [-0.1, -0.05) is 35.3 Å². The van der Waals surface area contributed by atoms with Crippen molar-refractivity contribution >= 4 is 44.8 Å². The van der Waals surface area contributed by atoms with Crippen molar-refractivity contribution in [3.63, 3.8) is 0 Å². The first kappa shape index (κ1) is 21.5. The summed E-state index contributed by atoms with van der Waals surface area (Å²) in [6.07, 6.45) is 4.25. The van der Waals surface area contributed by atoms with E-state index in [0.717, 1.165) is 30.2 Å². The highest BCUT2D eigenvalue weighted by atomic mass is 35.5. The number of rotatable bonds is 6. The summed E-state index contributed by atoms with van der Waals surface area (Å²) in [5.41, 5.74) is 2.17. The number of thiazole rings is 1. The molecular formula is C24H21Cl2N3O2S. The largest absolute Gasteiger partial charge is 0.491 e. The molecule has 4 aromatic rings. The summed E-state index contributed by atoms with van der Waals surface area (Å²) >= 11 is 13.8. The lowest BCUT2D eigenvalue weighted by Gasteiger charge is -2.16. The van der Waals surface area contributed by atoms with Crippen molar-refractivity contribution in [1.29, 1.82) is 0 Å². The highest BCUT2D eigenvalue weighted by Gasteiger charge is 2.14. The quantitative estimate of drug-likeness (QED) is 0.341. The molecule has 0 spiro atoms. The summed E-state index contributed by atoms with van der Waals surface area (Å²) in [6.45, 7) is 3.77. The van der Waals surface area contributed by atoms with Crippen LogP contribution in [0.15, 0.2) is 59.5 Å². The molecule has 0 saturated carbocycles. The normalized spacial score (nSPS) is 14.3. The van der Waals surface area contributed by atoms with Crippen molar-refractivity contribution in [2.75, 3.05) is 26.2 Å². The van der Waals surface area contributed by atoms with Crippen LogP contribution >= 0.6 is 34.5 Å². The van der Waals surface area contributed by atoms with Crippen LogP contribution in [0.1, 0.15) is 12.8 Å². The average molecular weight is 486 g/mol. The fourth-order valence-corrected chi connectivity index (χ4v) is 5.24. The molecule has 5 nitrogen and oxygen atoms in total. The molecule has 1 fully saturated rings. The Morgan fingerprint density at radius 1 is 1.03 bits per heavy atom. The number of likely N-dealkylation sites (tertiary alicyclic amines) is 1. The van der Waals surface area contributed by atoms with Crippen LogP contribution in [0, 0.1) is 0 Å². The Bertz CT molecular complexity index is 1310. The molecule has 0 aliphatic carbocycles. The second kappa shape index (κ2) is 9.24. The summed E-state index contributed by atoms with van der Waals surface area (Å²) in [7, 11) is 0. The number of aromatic nitrogens is 2. The molecule has 0 bridgehead atoms. The maximum Gasteiger partial charge on any atom is 0.274 e. The van der Waals surface area contributed by atoms with Crippen LogP contribution in [0.4, 0.5) is 0 Å². The van der Waals surface area contributed by atoms with E-state index in [2.05, 4.69) is 9.88 Å². The van der Waals surface area contributed by atoms with E-state index >= 15 is 0 Å². The van der Waals surface area contributed by atoms with Gasteiger partial charge in [0, 0.05) is 23.3 Å². The summed E-state index contributed by atoms with van der Waals surface area (Å²) < 4.78 is 8.06. The smallest absolute Gasteiger partial charge is 0.274 e. The average Bonchev–Trinajstić information content (AvgIpc) is 3.46. The summed E-state index contributed by atoms with van der Waals surface area (Å²) in [4.78, 5) is 20.2. The lowest BCUT2D eigenvalue weighted by atomic mass is 10.2. The molecule has 2 aromatic heterocycles. The van der Waals surface area contributed by atoms with Gasteiger partial charge in [0.15, 0.2) is 0 Å². The van der Waals surface area contributed by atoms with E-state index in [1.54, 1.807) is 16.8 Å². The topological polar surface area (TPSA) is 47.4 Å². The third kappa shape index (κ3) is 4.41. The molecule has 1 aliphatic heterocycles. The van der Waals surface area contributed by atoms with Crippen molar-refractivity contribution in [3.05, 3.63) is 75.1 Å². The van der Waals surface area contributed by atoms with E-state index in [4.69, 9.17) is 27.9 Å². The molecule has 0 atom stereocenters. The molecular weight excluding hydrogens is 465 g/mol. The van der Waals surface area contributed by atoms with Gasteiger partial charge in [-0.2, -0.15) is 0 Å². The Morgan fingerprint density at radius 2 is 1.81 bits per heavy atom. The monoisotopic (exact) mass is 485 g/mol. The minimum absolute atomic E-state index is 0.126. The summed E-state index contributed by atoms with van der Waals surface area (Å²) in [5, 5.41) is 1.94. The van der Waals surface area contributed by atoms with Crippen LogP contribution in [-0.4, -0.2) is 40.7 Å². The Hall–Kier alpha value is -2.38. The van der Waals surface area contributed by atoms with Crippen molar-refractivity contribution in [2.45, 2.75) is 12.8 Å². The van der Waals surface area contributed by atoms with Gasteiger partial charge in [0.1, 0.15) is 22.1 Å².